The van der Waals surface area contributed by atoms with Crippen LogP contribution in [0.1, 0.15) is 42.1 Å². The van der Waals surface area contributed by atoms with Crippen molar-refractivity contribution in [1.29, 1.82) is 5.26 Å². The topological polar surface area (TPSA) is 90.3 Å². The molecule has 1 aromatic carbocycles. The van der Waals surface area contributed by atoms with Crippen LogP contribution in [0.2, 0.25) is 0 Å². The van der Waals surface area contributed by atoms with E-state index >= 15 is 0 Å². The van der Waals surface area contributed by atoms with Gasteiger partial charge in [-0.1, -0.05) is 26.0 Å². The van der Waals surface area contributed by atoms with E-state index in [9.17, 15) is 5.26 Å². The van der Waals surface area contributed by atoms with E-state index in [1.165, 1.54) is 0 Å². The molecule has 0 aliphatic rings. The average Bonchev–Trinajstić information content (AvgIpc) is 3.03. The molecule has 6 nitrogen and oxygen atoms in total. The summed E-state index contributed by atoms with van der Waals surface area (Å²) in [5.41, 5.74) is 5.55. The predicted molar refractivity (Wildman–Crippen MR) is 93.7 cm³/mol. The second-order valence-electron chi connectivity index (χ2n) is 5.68. The first-order valence-corrected chi connectivity index (χ1v) is 8.14. The highest BCUT2D eigenvalue weighted by atomic mass is 15.2. The van der Waals surface area contributed by atoms with E-state index < -0.39 is 0 Å². The summed E-state index contributed by atoms with van der Waals surface area (Å²) in [4.78, 5) is 7.90. The molecule has 0 radical (unpaired) electrons. The zero-order valence-electron chi connectivity index (χ0n) is 14.1. The fraction of sp³-hybridized carbons (Fsp3) is 0.333. The number of nitriles is 1. The molecule has 2 N–H and O–H groups in total. The second kappa shape index (κ2) is 6.67. The Morgan fingerprint density at radius 1 is 1.21 bits per heavy atom. The molecular formula is C18H20N6. The maximum absolute atomic E-state index is 9.52. The van der Waals surface area contributed by atoms with Gasteiger partial charge in [-0.3, -0.25) is 0 Å². The molecule has 0 aliphatic carbocycles. The fourth-order valence-electron chi connectivity index (χ4n) is 2.89. The van der Waals surface area contributed by atoms with Gasteiger partial charge in [0.2, 0.25) is 0 Å². The van der Waals surface area contributed by atoms with Gasteiger partial charge < -0.3 is 10.3 Å². The summed E-state index contributed by atoms with van der Waals surface area (Å²) in [6, 6.07) is 8.31. The molecule has 0 spiro atoms. The van der Waals surface area contributed by atoms with E-state index in [4.69, 9.17) is 0 Å². The first-order valence-electron chi connectivity index (χ1n) is 8.14. The molecule has 24 heavy (non-hydrogen) atoms. The normalized spacial score (nSPS) is 10.8. The third kappa shape index (κ3) is 2.81. The monoisotopic (exact) mass is 320 g/mol. The van der Waals surface area contributed by atoms with Crippen LogP contribution in [0.3, 0.4) is 0 Å². The standard InChI is InChI=1S/C18H20N6/c1-4-12-13(9-19)18(24-23-14(12)5-2)20-10-16-21-15-8-6-7-11(3)17(15)22-16/h6-8H,4-5,10H2,1-3H3,(H,20,24)(H,21,22). The van der Waals surface area contributed by atoms with Crippen LogP contribution in [0, 0.1) is 18.3 Å². The fourth-order valence-corrected chi connectivity index (χ4v) is 2.89. The molecule has 0 fully saturated rings. The minimum Gasteiger partial charge on any atom is -0.360 e. The minimum atomic E-state index is 0.464. The Morgan fingerprint density at radius 3 is 2.71 bits per heavy atom. The Bertz CT molecular complexity index is 919. The molecule has 0 aliphatic heterocycles. The Labute approximate surface area is 141 Å². The summed E-state index contributed by atoms with van der Waals surface area (Å²) in [7, 11) is 0. The van der Waals surface area contributed by atoms with Crippen LogP contribution in [-0.2, 0) is 19.4 Å². The maximum Gasteiger partial charge on any atom is 0.167 e. The van der Waals surface area contributed by atoms with Crippen LogP contribution in [0.4, 0.5) is 5.82 Å². The van der Waals surface area contributed by atoms with Crippen LogP contribution in [0.25, 0.3) is 11.0 Å². The lowest BCUT2D eigenvalue weighted by Crippen LogP contribution is -2.10. The summed E-state index contributed by atoms with van der Waals surface area (Å²) < 4.78 is 0. The van der Waals surface area contributed by atoms with Crippen molar-refractivity contribution in [2.75, 3.05) is 5.32 Å². The molecule has 0 amide bonds. The molecule has 2 aromatic heterocycles. The average molecular weight is 320 g/mol. The zero-order valence-corrected chi connectivity index (χ0v) is 14.1. The van der Waals surface area contributed by atoms with E-state index in [0.717, 1.165) is 46.5 Å². The molecule has 0 saturated heterocycles. The molecule has 3 rings (SSSR count). The molecule has 3 aromatic rings. The minimum absolute atomic E-state index is 0.464. The van der Waals surface area contributed by atoms with Crippen molar-refractivity contribution >= 4 is 16.9 Å². The Morgan fingerprint density at radius 2 is 2.04 bits per heavy atom. The molecular weight excluding hydrogens is 300 g/mol. The Balaban J connectivity index is 1.88. The van der Waals surface area contributed by atoms with Crippen LogP contribution in [0.5, 0.6) is 0 Å². The number of aryl methyl sites for hydroxylation is 2. The summed E-state index contributed by atoms with van der Waals surface area (Å²) in [5.74, 6) is 1.33. The molecule has 0 bridgehead atoms. The number of nitrogens with zero attached hydrogens (tertiary/aromatic N) is 4. The highest BCUT2D eigenvalue weighted by molar-refractivity contribution is 5.78. The van der Waals surface area contributed by atoms with Gasteiger partial charge in [-0.05, 0) is 37.0 Å². The lowest BCUT2D eigenvalue weighted by molar-refractivity contribution is 0.864. The van der Waals surface area contributed by atoms with E-state index in [1.807, 2.05) is 39.0 Å². The number of aromatic nitrogens is 4. The number of H-pyrrole nitrogens is 1. The molecule has 2 heterocycles. The van der Waals surface area contributed by atoms with Gasteiger partial charge in [0, 0.05) is 0 Å². The molecule has 0 unspecified atom stereocenters. The van der Waals surface area contributed by atoms with Gasteiger partial charge in [0.05, 0.1) is 23.3 Å². The number of imidazole rings is 1. The van der Waals surface area contributed by atoms with E-state index in [2.05, 4.69) is 31.6 Å². The van der Waals surface area contributed by atoms with Gasteiger partial charge in [0.1, 0.15) is 17.5 Å². The van der Waals surface area contributed by atoms with E-state index in [1.54, 1.807) is 0 Å². The van der Waals surface area contributed by atoms with Crippen molar-refractivity contribution in [2.45, 2.75) is 40.2 Å². The largest absolute Gasteiger partial charge is 0.360 e. The smallest absolute Gasteiger partial charge is 0.167 e. The van der Waals surface area contributed by atoms with Crippen LogP contribution < -0.4 is 5.32 Å². The van der Waals surface area contributed by atoms with Gasteiger partial charge in [-0.25, -0.2) is 4.98 Å². The summed E-state index contributed by atoms with van der Waals surface area (Å²) in [6.45, 7) is 6.56. The number of nitrogens with one attached hydrogen (secondary N) is 2. The lowest BCUT2D eigenvalue weighted by atomic mass is 10.0. The van der Waals surface area contributed by atoms with Crippen LogP contribution in [0.15, 0.2) is 18.2 Å². The third-order valence-corrected chi connectivity index (χ3v) is 4.14. The second-order valence-corrected chi connectivity index (χ2v) is 5.68. The molecule has 122 valence electrons. The van der Waals surface area contributed by atoms with Crippen molar-refractivity contribution in [3.05, 3.63) is 46.4 Å². The number of para-hydroxylation sites is 1. The number of anilines is 1. The van der Waals surface area contributed by atoms with Crippen molar-refractivity contribution < 1.29 is 0 Å². The zero-order chi connectivity index (χ0) is 17.1. The van der Waals surface area contributed by atoms with Crippen molar-refractivity contribution in [1.82, 2.24) is 20.2 Å². The number of aromatic amines is 1. The van der Waals surface area contributed by atoms with Crippen molar-refractivity contribution in [2.24, 2.45) is 0 Å². The first kappa shape index (κ1) is 15.9. The quantitative estimate of drug-likeness (QED) is 0.753. The Hall–Kier alpha value is -2.94. The summed E-state index contributed by atoms with van der Waals surface area (Å²) >= 11 is 0. The summed E-state index contributed by atoms with van der Waals surface area (Å²) in [5, 5.41) is 21.2. The van der Waals surface area contributed by atoms with Gasteiger partial charge >= 0.3 is 0 Å². The molecule has 6 heteroatoms. The number of rotatable bonds is 5. The number of hydrogen-bond acceptors (Lipinski definition) is 5. The maximum atomic E-state index is 9.52. The van der Waals surface area contributed by atoms with Gasteiger partial charge in [-0.2, -0.15) is 10.4 Å². The number of hydrogen-bond donors (Lipinski definition) is 2. The molecule has 0 atom stereocenters. The van der Waals surface area contributed by atoms with Gasteiger partial charge in [0.25, 0.3) is 0 Å². The van der Waals surface area contributed by atoms with E-state index in [-0.39, 0.29) is 0 Å². The lowest BCUT2D eigenvalue weighted by Gasteiger charge is -2.11. The third-order valence-electron chi connectivity index (χ3n) is 4.14. The Kier molecular flexibility index (Phi) is 4.43. The number of benzene rings is 1. The van der Waals surface area contributed by atoms with Gasteiger partial charge in [0.15, 0.2) is 5.82 Å². The highest BCUT2D eigenvalue weighted by Gasteiger charge is 2.14. The first-order chi connectivity index (χ1) is 11.7. The SMILES string of the molecule is CCc1nnc(NCc2nc3c(C)cccc3[nH]2)c(C#N)c1CC. The molecule has 0 saturated carbocycles. The van der Waals surface area contributed by atoms with E-state index in [0.29, 0.717) is 17.9 Å². The van der Waals surface area contributed by atoms with Gasteiger partial charge in [-0.15, -0.1) is 5.10 Å². The predicted octanol–water partition coefficient (Wildman–Crippen LogP) is 3.27. The highest BCUT2D eigenvalue weighted by Crippen LogP contribution is 2.21. The number of fused-ring (bicyclic) bond motifs is 1. The van der Waals surface area contributed by atoms with Crippen molar-refractivity contribution in [3.8, 4) is 6.07 Å². The van der Waals surface area contributed by atoms with Crippen molar-refractivity contribution in [3.63, 3.8) is 0 Å². The van der Waals surface area contributed by atoms with Crippen LogP contribution in [-0.4, -0.2) is 20.2 Å². The summed E-state index contributed by atoms with van der Waals surface area (Å²) in [6.07, 6.45) is 1.54. The van der Waals surface area contributed by atoms with Crippen LogP contribution >= 0.6 is 0 Å².